The van der Waals surface area contributed by atoms with Crippen LogP contribution in [0.3, 0.4) is 0 Å². The van der Waals surface area contributed by atoms with Crippen molar-refractivity contribution < 1.29 is 14.3 Å². The van der Waals surface area contributed by atoms with Crippen LogP contribution >= 0.6 is 12.2 Å². The zero-order valence-electron chi connectivity index (χ0n) is 18.8. The summed E-state index contributed by atoms with van der Waals surface area (Å²) in [5.41, 5.74) is 2.27. The summed E-state index contributed by atoms with van der Waals surface area (Å²) in [6.45, 7) is 9.16. The Kier molecular flexibility index (Phi) is 8.05. The average molecular weight is 455 g/mol. The molecule has 7 nitrogen and oxygen atoms in total. The van der Waals surface area contributed by atoms with E-state index in [0.717, 1.165) is 24.5 Å². The molecule has 3 rings (SSSR count). The second kappa shape index (κ2) is 10.9. The van der Waals surface area contributed by atoms with Gasteiger partial charge in [-0.2, -0.15) is 0 Å². The van der Waals surface area contributed by atoms with Gasteiger partial charge in [-0.3, -0.25) is 14.9 Å². The third kappa shape index (κ3) is 6.43. The van der Waals surface area contributed by atoms with Gasteiger partial charge in [0.25, 0.3) is 5.91 Å². The predicted molar refractivity (Wildman–Crippen MR) is 131 cm³/mol. The Bertz CT molecular complexity index is 971. The molecule has 0 aromatic heterocycles. The summed E-state index contributed by atoms with van der Waals surface area (Å²) in [5.74, 6) is 0.846. The smallest absolute Gasteiger partial charge is 0.257 e. The second-order valence-corrected chi connectivity index (χ2v) is 8.56. The number of carbonyl (C=O) groups excluding carboxylic acids is 2. The summed E-state index contributed by atoms with van der Waals surface area (Å²) in [6.07, 6.45) is 0. The molecule has 1 fully saturated rings. The van der Waals surface area contributed by atoms with Crippen molar-refractivity contribution in [3.63, 3.8) is 0 Å². The molecule has 0 saturated carbocycles. The highest BCUT2D eigenvalue weighted by Gasteiger charge is 2.21. The molecule has 32 heavy (non-hydrogen) atoms. The molecule has 2 N–H and O–H groups in total. The van der Waals surface area contributed by atoms with E-state index in [4.69, 9.17) is 17.0 Å². The molecule has 170 valence electrons. The first-order valence-electron chi connectivity index (χ1n) is 10.8. The van der Waals surface area contributed by atoms with Gasteiger partial charge in [-0.1, -0.05) is 32.0 Å². The van der Waals surface area contributed by atoms with E-state index in [-0.39, 0.29) is 16.9 Å². The molecular formula is C24H30N4O3S. The summed E-state index contributed by atoms with van der Waals surface area (Å²) in [4.78, 5) is 28.3. The molecule has 1 saturated heterocycles. The molecule has 2 aromatic carbocycles. The van der Waals surface area contributed by atoms with E-state index in [1.165, 1.54) is 0 Å². The Hall–Kier alpha value is -3.13. The average Bonchev–Trinajstić information content (AvgIpc) is 2.78. The largest absolute Gasteiger partial charge is 0.493 e. The zero-order chi connectivity index (χ0) is 23.1. The van der Waals surface area contributed by atoms with Gasteiger partial charge in [0.05, 0.1) is 18.0 Å². The van der Waals surface area contributed by atoms with E-state index in [2.05, 4.69) is 29.4 Å². The van der Waals surface area contributed by atoms with Gasteiger partial charge in [0.2, 0.25) is 5.91 Å². The fraction of sp³-hybridized carbons (Fsp3) is 0.375. The minimum atomic E-state index is -0.301. The maximum atomic E-state index is 12.7. The number of carbonyl (C=O) groups is 2. The van der Waals surface area contributed by atoms with Crippen molar-refractivity contribution in [1.29, 1.82) is 0 Å². The second-order valence-electron chi connectivity index (χ2n) is 8.15. The van der Waals surface area contributed by atoms with Gasteiger partial charge in [-0.05, 0) is 48.5 Å². The summed E-state index contributed by atoms with van der Waals surface area (Å²) in [6, 6.07) is 14.9. The van der Waals surface area contributed by atoms with Crippen molar-refractivity contribution in [2.45, 2.75) is 20.8 Å². The Balaban J connectivity index is 1.62. The standard InChI is InChI=1S/C24H30N4O3S/c1-17(2)16-31-20-8-6-7-19(15-20)23(30)26-24(32)25-21-9-4-5-10-22(21)28-13-11-27(12-14-28)18(3)29/h4-10,15,17H,11-14,16H2,1-3H3,(H2,25,26,30,32). The van der Waals surface area contributed by atoms with Gasteiger partial charge in [0.15, 0.2) is 5.11 Å². The Morgan fingerprint density at radius 2 is 1.78 bits per heavy atom. The number of nitrogens with one attached hydrogen (secondary N) is 2. The molecule has 0 spiro atoms. The SMILES string of the molecule is CC(=O)N1CCN(c2ccccc2NC(=S)NC(=O)c2cccc(OCC(C)C)c2)CC1. The van der Waals surface area contributed by atoms with Crippen molar-refractivity contribution in [3.05, 3.63) is 54.1 Å². The molecule has 1 heterocycles. The van der Waals surface area contributed by atoms with Crippen LogP contribution in [0.25, 0.3) is 0 Å². The van der Waals surface area contributed by atoms with Crippen LogP contribution in [0.15, 0.2) is 48.5 Å². The first-order chi connectivity index (χ1) is 15.3. The number of anilines is 2. The number of para-hydroxylation sites is 2. The van der Waals surface area contributed by atoms with Crippen molar-refractivity contribution in [1.82, 2.24) is 10.2 Å². The predicted octanol–water partition coefficient (Wildman–Crippen LogP) is 3.52. The van der Waals surface area contributed by atoms with Crippen LogP contribution in [0, 0.1) is 5.92 Å². The van der Waals surface area contributed by atoms with E-state index in [1.54, 1.807) is 25.1 Å². The maximum absolute atomic E-state index is 12.7. The Labute approximate surface area is 194 Å². The molecule has 0 aliphatic carbocycles. The molecule has 2 amide bonds. The molecule has 0 bridgehead atoms. The normalized spacial score (nSPS) is 13.6. The lowest BCUT2D eigenvalue weighted by atomic mass is 10.2. The van der Waals surface area contributed by atoms with Gasteiger partial charge >= 0.3 is 0 Å². The van der Waals surface area contributed by atoms with Gasteiger partial charge < -0.3 is 19.9 Å². The minimum Gasteiger partial charge on any atom is -0.493 e. The molecular weight excluding hydrogens is 424 g/mol. The third-order valence-electron chi connectivity index (χ3n) is 5.12. The van der Waals surface area contributed by atoms with E-state index < -0.39 is 0 Å². The van der Waals surface area contributed by atoms with Crippen molar-refractivity contribution in [2.24, 2.45) is 5.92 Å². The summed E-state index contributed by atoms with van der Waals surface area (Å²) < 4.78 is 5.71. The molecule has 1 aliphatic rings. The van der Waals surface area contributed by atoms with Crippen LogP contribution in [0.2, 0.25) is 0 Å². The number of benzene rings is 2. The van der Waals surface area contributed by atoms with Crippen molar-refractivity contribution in [3.8, 4) is 5.75 Å². The quantitative estimate of drug-likeness (QED) is 0.651. The monoisotopic (exact) mass is 454 g/mol. The van der Waals surface area contributed by atoms with Gasteiger partial charge in [0.1, 0.15) is 5.75 Å². The van der Waals surface area contributed by atoms with E-state index in [1.807, 2.05) is 35.2 Å². The lowest BCUT2D eigenvalue weighted by Crippen LogP contribution is -2.48. The Morgan fingerprint density at radius 3 is 2.47 bits per heavy atom. The highest BCUT2D eigenvalue weighted by Crippen LogP contribution is 2.26. The molecule has 0 atom stereocenters. The van der Waals surface area contributed by atoms with E-state index in [0.29, 0.717) is 36.9 Å². The topological polar surface area (TPSA) is 73.9 Å². The van der Waals surface area contributed by atoms with Crippen LogP contribution in [-0.2, 0) is 4.79 Å². The molecule has 8 heteroatoms. The van der Waals surface area contributed by atoms with Crippen molar-refractivity contribution >= 4 is 40.5 Å². The first-order valence-corrected chi connectivity index (χ1v) is 11.2. The summed E-state index contributed by atoms with van der Waals surface area (Å²) in [7, 11) is 0. The highest BCUT2D eigenvalue weighted by molar-refractivity contribution is 7.80. The number of piperazine rings is 1. The number of thiocarbonyl (C=S) groups is 1. The van der Waals surface area contributed by atoms with Gasteiger partial charge in [-0.15, -0.1) is 0 Å². The summed E-state index contributed by atoms with van der Waals surface area (Å²) in [5, 5.41) is 6.11. The fourth-order valence-electron chi connectivity index (χ4n) is 3.44. The minimum absolute atomic E-state index is 0.0959. The van der Waals surface area contributed by atoms with Gasteiger partial charge in [-0.25, -0.2) is 0 Å². The number of rotatable bonds is 6. The molecule has 0 radical (unpaired) electrons. The maximum Gasteiger partial charge on any atom is 0.257 e. The lowest BCUT2D eigenvalue weighted by Gasteiger charge is -2.36. The molecule has 0 unspecified atom stereocenters. The molecule has 2 aromatic rings. The number of ether oxygens (including phenoxy) is 1. The van der Waals surface area contributed by atoms with Crippen LogP contribution in [0.4, 0.5) is 11.4 Å². The zero-order valence-corrected chi connectivity index (χ0v) is 19.6. The highest BCUT2D eigenvalue weighted by atomic mass is 32.1. The Morgan fingerprint density at radius 1 is 1.06 bits per heavy atom. The molecule has 1 aliphatic heterocycles. The number of amides is 2. The summed E-state index contributed by atoms with van der Waals surface area (Å²) >= 11 is 5.40. The number of hydrogen-bond donors (Lipinski definition) is 2. The third-order valence-corrected chi connectivity index (χ3v) is 5.33. The van der Waals surface area contributed by atoms with Crippen LogP contribution < -0.4 is 20.3 Å². The van der Waals surface area contributed by atoms with Crippen LogP contribution in [0.1, 0.15) is 31.1 Å². The number of nitrogens with zero attached hydrogens (tertiary/aromatic N) is 2. The van der Waals surface area contributed by atoms with Gasteiger partial charge in [0, 0.05) is 38.7 Å². The fourth-order valence-corrected chi connectivity index (χ4v) is 3.64. The van der Waals surface area contributed by atoms with Crippen LogP contribution in [-0.4, -0.2) is 54.6 Å². The lowest BCUT2D eigenvalue weighted by molar-refractivity contribution is -0.129. The number of hydrogen-bond acceptors (Lipinski definition) is 5. The first kappa shape index (κ1) is 23.5. The van der Waals surface area contributed by atoms with Crippen LogP contribution in [0.5, 0.6) is 5.75 Å². The van der Waals surface area contributed by atoms with E-state index >= 15 is 0 Å². The van der Waals surface area contributed by atoms with Crippen molar-refractivity contribution in [2.75, 3.05) is 43.0 Å². The van der Waals surface area contributed by atoms with E-state index in [9.17, 15) is 9.59 Å².